The molecule has 1 aromatic rings. The number of hydrogen-bond donors (Lipinski definition) is 1. The first-order valence-electron chi connectivity index (χ1n) is 2.45. The molecule has 0 nitrogen and oxygen atoms in total. The minimum atomic E-state index is 0.523. The van der Waals surface area contributed by atoms with Crippen molar-refractivity contribution in [1.29, 1.82) is 0 Å². The standard InChI is InChI=1S/C6H3BrCl2S/c7-3-1-4(8)5(9)2-6(3)10/h1-2,10H. The van der Waals surface area contributed by atoms with Crippen molar-refractivity contribution in [2.24, 2.45) is 0 Å². The molecule has 0 saturated heterocycles. The van der Waals surface area contributed by atoms with Crippen molar-refractivity contribution in [2.75, 3.05) is 0 Å². The van der Waals surface area contributed by atoms with Gasteiger partial charge in [-0.25, -0.2) is 0 Å². The Morgan fingerprint density at radius 3 is 2.20 bits per heavy atom. The molecule has 0 radical (unpaired) electrons. The molecule has 0 saturated carbocycles. The lowest BCUT2D eigenvalue weighted by Crippen LogP contribution is -1.72. The lowest BCUT2D eigenvalue weighted by atomic mass is 10.4. The summed E-state index contributed by atoms with van der Waals surface area (Å²) in [6, 6.07) is 3.41. The van der Waals surface area contributed by atoms with E-state index in [0.29, 0.717) is 10.0 Å². The van der Waals surface area contributed by atoms with E-state index in [-0.39, 0.29) is 0 Å². The Hall–Kier alpha value is 0.630. The van der Waals surface area contributed by atoms with Gasteiger partial charge < -0.3 is 0 Å². The molecular weight excluding hydrogens is 255 g/mol. The fraction of sp³-hybridized carbons (Fsp3) is 0. The summed E-state index contributed by atoms with van der Waals surface area (Å²) in [4.78, 5) is 0.786. The highest BCUT2D eigenvalue weighted by Crippen LogP contribution is 2.30. The van der Waals surface area contributed by atoms with Gasteiger partial charge in [-0.05, 0) is 28.1 Å². The predicted molar refractivity (Wildman–Crippen MR) is 51.4 cm³/mol. The van der Waals surface area contributed by atoms with E-state index in [0.717, 1.165) is 9.37 Å². The van der Waals surface area contributed by atoms with Gasteiger partial charge in [0.2, 0.25) is 0 Å². The van der Waals surface area contributed by atoms with E-state index in [4.69, 9.17) is 23.2 Å². The highest BCUT2D eigenvalue weighted by molar-refractivity contribution is 9.10. The number of hydrogen-bond acceptors (Lipinski definition) is 1. The van der Waals surface area contributed by atoms with Gasteiger partial charge in [0.25, 0.3) is 0 Å². The molecule has 0 unspecified atom stereocenters. The highest BCUT2D eigenvalue weighted by Gasteiger charge is 2.00. The number of halogens is 3. The van der Waals surface area contributed by atoms with Crippen LogP contribution in [-0.4, -0.2) is 0 Å². The third kappa shape index (κ3) is 1.82. The van der Waals surface area contributed by atoms with Gasteiger partial charge in [-0.1, -0.05) is 23.2 Å². The molecule has 54 valence electrons. The molecular formula is C6H3BrCl2S. The van der Waals surface area contributed by atoms with E-state index < -0.39 is 0 Å². The molecule has 1 rings (SSSR count). The first-order valence-corrected chi connectivity index (χ1v) is 4.44. The Morgan fingerprint density at radius 1 is 1.20 bits per heavy atom. The van der Waals surface area contributed by atoms with Crippen molar-refractivity contribution in [3.8, 4) is 0 Å². The van der Waals surface area contributed by atoms with Crippen molar-refractivity contribution in [3.05, 3.63) is 26.7 Å². The number of thiol groups is 1. The van der Waals surface area contributed by atoms with Crippen LogP contribution in [0.4, 0.5) is 0 Å². The molecule has 0 fully saturated rings. The minimum Gasteiger partial charge on any atom is -0.142 e. The monoisotopic (exact) mass is 256 g/mol. The molecule has 0 aliphatic carbocycles. The zero-order valence-electron chi connectivity index (χ0n) is 4.74. The zero-order valence-corrected chi connectivity index (χ0v) is 8.73. The second-order valence-electron chi connectivity index (χ2n) is 1.72. The first kappa shape index (κ1) is 8.72. The Morgan fingerprint density at radius 2 is 1.70 bits per heavy atom. The summed E-state index contributed by atoms with van der Waals surface area (Å²) in [5.74, 6) is 0. The quantitative estimate of drug-likeness (QED) is 0.526. The average Bonchev–Trinajstić information content (AvgIpc) is 1.84. The maximum absolute atomic E-state index is 5.69. The fourth-order valence-electron chi connectivity index (χ4n) is 0.512. The third-order valence-electron chi connectivity index (χ3n) is 0.990. The SMILES string of the molecule is Sc1cc(Cl)c(Cl)cc1Br. The van der Waals surface area contributed by atoms with Gasteiger partial charge in [0, 0.05) is 9.37 Å². The van der Waals surface area contributed by atoms with Crippen molar-refractivity contribution < 1.29 is 0 Å². The van der Waals surface area contributed by atoms with Gasteiger partial charge in [-0.15, -0.1) is 12.6 Å². The third-order valence-corrected chi connectivity index (χ3v) is 3.04. The Balaban J connectivity index is 3.28. The van der Waals surface area contributed by atoms with Crippen LogP contribution in [0.1, 0.15) is 0 Å². The van der Waals surface area contributed by atoms with E-state index in [9.17, 15) is 0 Å². The second-order valence-corrected chi connectivity index (χ2v) is 3.87. The predicted octanol–water partition coefficient (Wildman–Crippen LogP) is 4.04. The molecule has 0 spiro atoms. The molecule has 4 heteroatoms. The molecule has 0 aliphatic heterocycles. The zero-order chi connectivity index (χ0) is 7.72. The molecule has 0 aliphatic rings. The maximum Gasteiger partial charge on any atom is 0.0604 e. The lowest BCUT2D eigenvalue weighted by Gasteiger charge is -1.98. The molecule has 0 aromatic heterocycles. The van der Waals surface area contributed by atoms with Crippen molar-refractivity contribution in [3.63, 3.8) is 0 Å². The van der Waals surface area contributed by atoms with E-state index in [1.54, 1.807) is 12.1 Å². The molecule has 0 heterocycles. The number of benzene rings is 1. The topological polar surface area (TPSA) is 0 Å². The summed E-state index contributed by atoms with van der Waals surface area (Å²) >= 11 is 18.8. The van der Waals surface area contributed by atoms with E-state index in [1.165, 1.54) is 0 Å². The summed E-state index contributed by atoms with van der Waals surface area (Å²) in [5.41, 5.74) is 0. The molecule has 1 aromatic carbocycles. The van der Waals surface area contributed by atoms with Gasteiger partial charge in [0.05, 0.1) is 10.0 Å². The van der Waals surface area contributed by atoms with Crippen LogP contribution in [0.5, 0.6) is 0 Å². The van der Waals surface area contributed by atoms with E-state index >= 15 is 0 Å². The van der Waals surface area contributed by atoms with E-state index in [2.05, 4.69) is 28.6 Å². The van der Waals surface area contributed by atoms with Crippen LogP contribution in [0.25, 0.3) is 0 Å². The van der Waals surface area contributed by atoms with Gasteiger partial charge in [-0.2, -0.15) is 0 Å². The van der Waals surface area contributed by atoms with Crippen molar-refractivity contribution in [2.45, 2.75) is 4.90 Å². The summed E-state index contributed by atoms with van der Waals surface area (Å²) in [6.45, 7) is 0. The van der Waals surface area contributed by atoms with Crippen molar-refractivity contribution >= 4 is 51.8 Å². The summed E-state index contributed by atoms with van der Waals surface area (Å²) in [7, 11) is 0. The van der Waals surface area contributed by atoms with E-state index in [1.807, 2.05) is 0 Å². The molecule has 0 atom stereocenters. The molecule has 0 bridgehead atoms. The second kappa shape index (κ2) is 3.35. The molecule has 10 heavy (non-hydrogen) atoms. The number of rotatable bonds is 0. The van der Waals surface area contributed by atoms with Crippen LogP contribution in [-0.2, 0) is 0 Å². The van der Waals surface area contributed by atoms with Crippen molar-refractivity contribution in [1.82, 2.24) is 0 Å². The van der Waals surface area contributed by atoms with Crippen LogP contribution in [0.15, 0.2) is 21.5 Å². The van der Waals surface area contributed by atoms with Gasteiger partial charge >= 0.3 is 0 Å². The van der Waals surface area contributed by atoms with Crippen LogP contribution < -0.4 is 0 Å². The maximum atomic E-state index is 5.69. The first-order chi connectivity index (χ1) is 4.61. The van der Waals surface area contributed by atoms with Gasteiger partial charge in [0.15, 0.2) is 0 Å². The smallest absolute Gasteiger partial charge is 0.0604 e. The Labute approximate surface area is 83.1 Å². The minimum absolute atomic E-state index is 0.523. The van der Waals surface area contributed by atoms with Gasteiger partial charge in [-0.3, -0.25) is 0 Å². The average molecular weight is 258 g/mol. The van der Waals surface area contributed by atoms with Crippen LogP contribution >= 0.6 is 51.8 Å². The van der Waals surface area contributed by atoms with Crippen LogP contribution in [0.3, 0.4) is 0 Å². The van der Waals surface area contributed by atoms with Crippen LogP contribution in [0.2, 0.25) is 10.0 Å². The molecule has 0 amide bonds. The molecule has 0 N–H and O–H groups in total. The van der Waals surface area contributed by atoms with Gasteiger partial charge in [0.1, 0.15) is 0 Å². The summed E-state index contributed by atoms with van der Waals surface area (Å²) < 4.78 is 0.852. The summed E-state index contributed by atoms with van der Waals surface area (Å²) in [6.07, 6.45) is 0. The largest absolute Gasteiger partial charge is 0.142 e. The highest BCUT2D eigenvalue weighted by atomic mass is 79.9. The normalized spacial score (nSPS) is 10.0. The Kier molecular flexibility index (Phi) is 2.92. The lowest BCUT2D eigenvalue weighted by molar-refractivity contribution is 1.42. The fourth-order valence-corrected chi connectivity index (χ4v) is 1.58. The summed E-state index contributed by atoms with van der Waals surface area (Å²) in [5, 5.41) is 1.06. The van der Waals surface area contributed by atoms with Crippen LogP contribution in [0, 0.1) is 0 Å². The Bertz CT molecular complexity index is 212.